The molecule has 0 amide bonds. The van der Waals surface area contributed by atoms with Crippen LogP contribution in [0.1, 0.15) is 0 Å². The molecule has 0 radical (unpaired) electrons. The Morgan fingerprint density at radius 3 is 1.30 bits per heavy atom. The van der Waals surface area contributed by atoms with Gasteiger partial charge in [0, 0.05) is 0 Å². The monoisotopic (exact) mass is 226 g/mol. The summed E-state index contributed by atoms with van der Waals surface area (Å²) in [7, 11) is -5.14. The summed E-state index contributed by atoms with van der Waals surface area (Å²) in [5.41, 5.74) is 0. The van der Waals surface area contributed by atoms with E-state index in [0.29, 0.717) is 0 Å². The molecule has 0 rings (SSSR count). The first kappa shape index (κ1) is 23.0. The maximum absolute atomic E-state index is 8.66. The summed E-state index contributed by atoms with van der Waals surface area (Å²) in [6, 6.07) is 0. The van der Waals surface area contributed by atoms with E-state index in [1.807, 2.05) is 0 Å². The number of halogens is 2. The van der Waals surface area contributed by atoms with Crippen LogP contribution in [0.5, 0.6) is 0 Å². The van der Waals surface area contributed by atoms with Crippen LogP contribution in [0.2, 0.25) is 0 Å². The van der Waals surface area contributed by atoms with Crippen LogP contribution < -0.4 is 68.9 Å². The minimum atomic E-state index is -5.14. The van der Waals surface area contributed by atoms with Crippen molar-refractivity contribution in [3.8, 4) is 0 Å². The van der Waals surface area contributed by atoms with E-state index in [1.165, 1.54) is 0 Å². The third-order valence-corrected chi connectivity index (χ3v) is 0. The molecule has 52 valence electrons. The Morgan fingerprint density at radius 1 is 1.30 bits per heavy atom. The second-order valence-electron chi connectivity index (χ2n) is 0.570. The number of alkyl halides is 2. The van der Waals surface area contributed by atoms with Crippen molar-refractivity contribution in [1.82, 2.24) is 0 Å². The van der Waals surface area contributed by atoms with Gasteiger partial charge >= 0.3 is 59.1 Å². The molecule has 0 aromatic rings. The Morgan fingerprint density at radius 2 is 1.30 bits per heavy atom. The van der Waals surface area contributed by atoms with Gasteiger partial charge in [-0.2, -0.15) is 0 Å². The molecule has 0 atom stereocenters. The van der Waals surface area contributed by atoms with Crippen molar-refractivity contribution in [2.75, 3.05) is 5.34 Å². The van der Waals surface area contributed by atoms with Gasteiger partial charge in [0.15, 0.2) is 0 Å². The fourth-order valence-corrected chi connectivity index (χ4v) is 0. The molecule has 0 fully saturated rings. The van der Waals surface area contributed by atoms with Crippen molar-refractivity contribution < 1.29 is 78.4 Å². The summed E-state index contributed by atoms with van der Waals surface area (Å²) in [5, 5.41) is 0.194. The quantitative estimate of drug-likeness (QED) is 0.253. The Balaban J connectivity index is -0.0000000326. The second kappa shape index (κ2) is 14.2. The zero-order valence-electron chi connectivity index (χ0n) is 5.58. The molecular weight excluding hydrogens is 224 g/mol. The second-order valence-corrected chi connectivity index (χ2v) is 2.31. The smallest absolute Gasteiger partial charge is 0.790 e. The van der Waals surface area contributed by atoms with Gasteiger partial charge in [-0.05, 0) is 0 Å². The van der Waals surface area contributed by atoms with Gasteiger partial charge in [0.05, 0.1) is 13.2 Å². The van der Waals surface area contributed by atoms with Crippen LogP contribution in [-0.4, -0.2) is 10.2 Å². The third-order valence-electron chi connectivity index (χ3n) is 0. The number of hydrogen-bond acceptors (Lipinski definition) is 3. The summed E-state index contributed by atoms with van der Waals surface area (Å²) >= 11 is 9.53. The van der Waals surface area contributed by atoms with Crippen molar-refractivity contribution in [2.24, 2.45) is 0 Å². The molecule has 0 unspecified atom stereocenters. The zero-order valence-corrected chi connectivity index (χ0v) is 12.0. The van der Waals surface area contributed by atoms with Crippen molar-refractivity contribution in [2.45, 2.75) is 0 Å². The SMILES string of the molecule is ClCCl.O=P([O-])([O-])O.[Na+].[Na+]. The van der Waals surface area contributed by atoms with Crippen molar-refractivity contribution >= 4 is 31.0 Å². The van der Waals surface area contributed by atoms with E-state index in [2.05, 4.69) is 0 Å². The van der Waals surface area contributed by atoms with Crippen LogP contribution in [0.15, 0.2) is 0 Å². The van der Waals surface area contributed by atoms with Crippen LogP contribution >= 0.6 is 31.0 Å². The van der Waals surface area contributed by atoms with Gasteiger partial charge in [0.2, 0.25) is 0 Å². The molecular formula is CH3Cl2Na2O4P. The van der Waals surface area contributed by atoms with Crippen molar-refractivity contribution in [3.05, 3.63) is 0 Å². The predicted octanol–water partition coefficient (Wildman–Crippen LogP) is -6.76. The number of rotatable bonds is 0. The maximum Gasteiger partial charge on any atom is 1.00 e. The van der Waals surface area contributed by atoms with Gasteiger partial charge in [-0.3, -0.25) is 0 Å². The zero-order chi connectivity index (χ0) is 7.21. The summed E-state index contributed by atoms with van der Waals surface area (Å²) < 4.78 is 8.66. The topological polar surface area (TPSA) is 83.4 Å². The molecule has 0 aliphatic carbocycles. The fourth-order valence-electron chi connectivity index (χ4n) is 0. The molecule has 0 aliphatic heterocycles. The molecule has 0 aromatic heterocycles. The normalized spacial score (nSPS) is 7.70. The van der Waals surface area contributed by atoms with Crippen LogP contribution in [0.4, 0.5) is 0 Å². The Bertz CT molecular complexity index is 77.1. The first-order valence-corrected chi connectivity index (χ1v) is 3.85. The first-order chi connectivity index (χ1) is 3.41. The standard InChI is InChI=1S/CH2Cl2.2Na.H3O4P/c2-1-3;;;1-5(2,3)4/h1H2;;;(H3,1,2,3,4)/q;2*+1;/p-2. The molecule has 0 bridgehead atoms. The van der Waals surface area contributed by atoms with Crippen LogP contribution in [0, 0.1) is 0 Å². The molecule has 0 aliphatic rings. The molecule has 0 saturated heterocycles. The van der Waals surface area contributed by atoms with Crippen LogP contribution in [-0.2, 0) is 4.57 Å². The maximum atomic E-state index is 8.66. The fraction of sp³-hybridized carbons (Fsp3) is 1.00. The summed E-state index contributed by atoms with van der Waals surface area (Å²) in [5.74, 6) is 0. The van der Waals surface area contributed by atoms with E-state index in [-0.39, 0.29) is 64.5 Å². The van der Waals surface area contributed by atoms with E-state index in [9.17, 15) is 0 Å². The minimum absolute atomic E-state index is 0. The number of phosphoric acid groups is 1. The molecule has 4 nitrogen and oxygen atoms in total. The summed E-state index contributed by atoms with van der Waals surface area (Å²) in [6.07, 6.45) is 0. The summed E-state index contributed by atoms with van der Waals surface area (Å²) in [4.78, 5) is 24.3. The van der Waals surface area contributed by atoms with E-state index in [0.717, 1.165) is 0 Å². The van der Waals surface area contributed by atoms with Gasteiger partial charge in [0.25, 0.3) is 0 Å². The van der Waals surface area contributed by atoms with Gasteiger partial charge < -0.3 is 19.2 Å². The average molecular weight is 227 g/mol. The Labute approximate surface area is 113 Å². The molecule has 10 heavy (non-hydrogen) atoms. The minimum Gasteiger partial charge on any atom is -0.790 e. The van der Waals surface area contributed by atoms with Crippen LogP contribution in [0.25, 0.3) is 0 Å². The van der Waals surface area contributed by atoms with Gasteiger partial charge in [-0.1, -0.05) is 0 Å². The Hall–Kier alpha value is 2.69. The first-order valence-electron chi connectivity index (χ1n) is 1.28. The summed E-state index contributed by atoms with van der Waals surface area (Å²) in [6.45, 7) is 0. The molecule has 0 heterocycles. The van der Waals surface area contributed by atoms with E-state index in [4.69, 9.17) is 42.4 Å². The molecule has 0 spiro atoms. The Kier molecular flexibility index (Phi) is 32.7. The molecule has 0 aromatic carbocycles. The average Bonchev–Trinajstić information content (AvgIpc) is 1.27. The number of hydrogen-bond donors (Lipinski definition) is 1. The van der Waals surface area contributed by atoms with Gasteiger partial charge in [-0.25, -0.2) is 0 Å². The molecule has 0 saturated carbocycles. The van der Waals surface area contributed by atoms with Gasteiger partial charge in [0.1, 0.15) is 0 Å². The van der Waals surface area contributed by atoms with E-state index in [1.54, 1.807) is 0 Å². The van der Waals surface area contributed by atoms with Crippen LogP contribution in [0.3, 0.4) is 0 Å². The molecule has 9 heteroatoms. The van der Waals surface area contributed by atoms with E-state index < -0.39 is 7.82 Å². The molecule has 1 N–H and O–H groups in total. The largest absolute Gasteiger partial charge is 1.00 e. The van der Waals surface area contributed by atoms with E-state index >= 15 is 0 Å². The van der Waals surface area contributed by atoms with Crippen molar-refractivity contribution in [1.29, 1.82) is 0 Å². The van der Waals surface area contributed by atoms with Gasteiger partial charge in [-0.15, -0.1) is 23.2 Å². The predicted molar refractivity (Wildman–Crippen MR) is 26.4 cm³/mol. The van der Waals surface area contributed by atoms with Crippen molar-refractivity contribution in [3.63, 3.8) is 0 Å². The third kappa shape index (κ3) is 139.